The van der Waals surface area contributed by atoms with E-state index in [4.69, 9.17) is 14.2 Å². The van der Waals surface area contributed by atoms with Crippen molar-refractivity contribution in [2.24, 2.45) is 0 Å². The van der Waals surface area contributed by atoms with Gasteiger partial charge in [0.15, 0.2) is 6.10 Å². The summed E-state index contributed by atoms with van der Waals surface area (Å²) in [5.74, 6) is -0.969. The van der Waals surface area contributed by atoms with E-state index in [1.165, 1.54) is 83.5 Å². The summed E-state index contributed by atoms with van der Waals surface area (Å²) >= 11 is 0. The van der Waals surface area contributed by atoms with E-state index in [1.54, 1.807) is 0 Å². The maximum Gasteiger partial charge on any atom is 0.306 e. The van der Waals surface area contributed by atoms with Crippen LogP contribution in [0.2, 0.25) is 0 Å². The van der Waals surface area contributed by atoms with Crippen molar-refractivity contribution in [3.8, 4) is 0 Å². The summed E-state index contributed by atoms with van der Waals surface area (Å²) in [6.07, 6.45) is 102. The van der Waals surface area contributed by atoms with Gasteiger partial charge in [-0.2, -0.15) is 0 Å². The van der Waals surface area contributed by atoms with E-state index in [0.29, 0.717) is 25.7 Å². The van der Waals surface area contributed by atoms with Gasteiger partial charge in [-0.05, 0) is 154 Å². The van der Waals surface area contributed by atoms with Crippen LogP contribution in [-0.4, -0.2) is 37.2 Å². The number of allylic oxidation sites excluding steroid dienone is 28. The Morgan fingerprint density at radius 3 is 0.759 bits per heavy atom. The summed E-state index contributed by atoms with van der Waals surface area (Å²) in [6, 6.07) is 0. The Kier molecular flexibility index (Phi) is 64.9. The molecule has 83 heavy (non-hydrogen) atoms. The van der Waals surface area contributed by atoms with Gasteiger partial charge in [-0.3, -0.25) is 14.4 Å². The fraction of sp³-hybridized carbons (Fsp3) is 0.597. The molecule has 1 unspecified atom stereocenters. The smallest absolute Gasteiger partial charge is 0.306 e. The van der Waals surface area contributed by atoms with Crippen molar-refractivity contribution < 1.29 is 28.6 Å². The highest BCUT2D eigenvalue weighted by molar-refractivity contribution is 5.71. The maximum atomic E-state index is 12.9. The van der Waals surface area contributed by atoms with Crippen molar-refractivity contribution in [2.75, 3.05) is 13.2 Å². The molecule has 6 heteroatoms. The van der Waals surface area contributed by atoms with Gasteiger partial charge in [0.1, 0.15) is 13.2 Å². The molecule has 0 N–H and O–H groups in total. The predicted octanol–water partition coefficient (Wildman–Crippen LogP) is 23.4. The van der Waals surface area contributed by atoms with Crippen molar-refractivity contribution in [2.45, 2.75) is 284 Å². The topological polar surface area (TPSA) is 78.9 Å². The van der Waals surface area contributed by atoms with Crippen LogP contribution in [0.25, 0.3) is 0 Å². The van der Waals surface area contributed by atoms with Gasteiger partial charge in [0.2, 0.25) is 0 Å². The van der Waals surface area contributed by atoms with E-state index in [0.717, 1.165) is 148 Å². The number of hydrogen-bond acceptors (Lipinski definition) is 6. The molecule has 0 aromatic heterocycles. The molecule has 0 aliphatic heterocycles. The quantitative estimate of drug-likeness (QED) is 0.0261. The Balaban J connectivity index is 4.52. The van der Waals surface area contributed by atoms with Gasteiger partial charge in [-0.15, -0.1) is 0 Å². The molecule has 0 aliphatic carbocycles. The molecule has 0 radical (unpaired) electrons. The maximum absolute atomic E-state index is 12.9. The molecule has 1 atom stereocenters. The number of esters is 3. The Morgan fingerprint density at radius 1 is 0.253 bits per heavy atom. The zero-order chi connectivity index (χ0) is 59.9. The van der Waals surface area contributed by atoms with Gasteiger partial charge in [0.25, 0.3) is 0 Å². The molecule has 0 spiro atoms. The summed E-state index contributed by atoms with van der Waals surface area (Å²) < 4.78 is 16.9. The van der Waals surface area contributed by atoms with E-state index >= 15 is 0 Å². The van der Waals surface area contributed by atoms with Crippen LogP contribution in [0.1, 0.15) is 278 Å². The summed E-state index contributed by atoms with van der Waals surface area (Å²) in [5.41, 5.74) is 0. The molecule has 0 fully saturated rings. The second-order valence-electron chi connectivity index (χ2n) is 21.6. The highest BCUT2D eigenvalue weighted by atomic mass is 16.6. The molecule has 0 saturated carbocycles. The van der Waals surface area contributed by atoms with Crippen LogP contribution in [0.5, 0.6) is 0 Å². The van der Waals surface area contributed by atoms with E-state index in [1.807, 2.05) is 0 Å². The minimum atomic E-state index is -0.815. The van der Waals surface area contributed by atoms with Crippen LogP contribution in [-0.2, 0) is 28.6 Å². The molecule has 0 aromatic carbocycles. The first-order valence-corrected chi connectivity index (χ1v) is 33.6. The first-order chi connectivity index (χ1) is 41.0. The molecule has 0 bridgehead atoms. The first kappa shape index (κ1) is 77.8. The predicted molar refractivity (Wildman–Crippen MR) is 361 cm³/mol. The second-order valence-corrected chi connectivity index (χ2v) is 21.6. The zero-order valence-electron chi connectivity index (χ0n) is 53.4. The molecule has 466 valence electrons. The lowest BCUT2D eigenvalue weighted by molar-refractivity contribution is -0.167. The molecule has 0 heterocycles. The Morgan fingerprint density at radius 2 is 0.470 bits per heavy atom. The van der Waals surface area contributed by atoms with E-state index in [2.05, 4.69) is 191 Å². The Bertz CT molecular complexity index is 1890. The van der Waals surface area contributed by atoms with Gasteiger partial charge >= 0.3 is 17.9 Å². The second kappa shape index (κ2) is 69.3. The third kappa shape index (κ3) is 67.4. The lowest BCUT2D eigenvalue weighted by atomic mass is 10.1. The van der Waals surface area contributed by atoms with Crippen molar-refractivity contribution in [3.05, 3.63) is 170 Å². The fourth-order valence-corrected chi connectivity index (χ4v) is 8.71. The minimum absolute atomic E-state index is 0.107. The Labute approximate surface area is 511 Å². The van der Waals surface area contributed by atoms with Crippen LogP contribution in [0.3, 0.4) is 0 Å². The summed E-state index contributed by atoms with van der Waals surface area (Å²) in [7, 11) is 0. The van der Waals surface area contributed by atoms with Crippen LogP contribution in [0.15, 0.2) is 170 Å². The molecule has 0 aliphatic rings. The Hall–Kier alpha value is -5.23. The zero-order valence-corrected chi connectivity index (χ0v) is 53.4. The lowest BCUT2D eigenvalue weighted by Crippen LogP contribution is -2.30. The molecule has 0 aromatic rings. The summed E-state index contributed by atoms with van der Waals surface area (Å²) in [4.78, 5) is 38.4. The largest absolute Gasteiger partial charge is 0.462 e. The fourth-order valence-electron chi connectivity index (χ4n) is 8.71. The molecule has 0 amide bonds. The van der Waals surface area contributed by atoms with Crippen LogP contribution in [0, 0.1) is 0 Å². The van der Waals surface area contributed by atoms with Crippen molar-refractivity contribution >= 4 is 17.9 Å². The molecule has 0 saturated heterocycles. The highest BCUT2D eigenvalue weighted by Crippen LogP contribution is 2.15. The van der Waals surface area contributed by atoms with Crippen LogP contribution in [0.4, 0.5) is 0 Å². The number of hydrogen-bond donors (Lipinski definition) is 0. The molecule has 6 nitrogen and oxygen atoms in total. The normalized spacial score (nSPS) is 13.2. The van der Waals surface area contributed by atoms with Crippen molar-refractivity contribution in [1.29, 1.82) is 0 Å². The third-order valence-electron chi connectivity index (χ3n) is 13.7. The van der Waals surface area contributed by atoms with Crippen LogP contribution >= 0.6 is 0 Å². The van der Waals surface area contributed by atoms with Gasteiger partial charge in [0, 0.05) is 19.3 Å². The average molecular weight is 1140 g/mol. The van der Waals surface area contributed by atoms with E-state index in [9.17, 15) is 14.4 Å². The van der Waals surface area contributed by atoms with Gasteiger partial charge in [-0.1, -0.05) is 274 Å². The minimum Gasteiger partial charge on any atom is -0.462 e. The highest BCUT2D eigenvalue weighted by Gasteiger charge is 2.19. The summed E-state index contributed by atoms with van der Waals surface area (Å²) in [5, 5.41) is 0. The van der Waals surface area contributed by atoms with E-state index < -0.39 is 6.10 Å². The number of carbonyl (C=O) groups excluding carboxylic acids is 3. The van der Waals surface area contributed by atoms with Crippen molar-refractivity contribution in [1.82, 2.24) is 0 Å². The van der Waals surface area contributed by atoms with Crippen molar-refractivity contribution in [3.63, 3.8) is 0 Å². The number of carbonyl (C=O) groups is 3. The average Bonchev–Trinajstić information content (AvgIpc) is 3.49. The molecular weight excluding hydrogens is 1020 g/mol. The number of unbranched alkanes of at least 4 members (excludes halogenated alkanes) is 20. The summed E-state index contributed by atoms with van der Waals surface area (Å²) in [6.45, 7) is 6.34. The van der Waals surface area contributed by atoms with E-state index in [-0.39, 0.29) is 31.1 Å². The van der Waals surface area contributed by atoms with Crippen LogP contribution < -0.4 is 0 Å². The van der Waals surface area contributed by atoms with Gasteiger partial charge < -0.3 is 14.2 Å². The number of ether oxygens (including phenoxy) is 3. The standard InChI is InChI=1S/C77H122O6/c1-4-7-10-13-16-19-22-25-28-31-33-35-36-37-38-39-40-42-43-46-49-52-55-58-61-64-67-70-76(79)82-73-74(72-81-75(78)69-66-63-60-57-54-51-48-45-30-27-24-21-18-15-12-9-6-3)83-77(80)71-68-65-62-59-56-53-50-47-44-41-34-32-29-26-23-20-17-14-11-8-5-2/h7-8,10-11,16-21,25-30,33-35,37-38,40-42,46,49,55,58,74H,4-6,9,12-15,22-24,31-32,36,39,43-45,47-48,50-54,56-57,59-73H2,1-3H3/b10-7-,11-8-,19-16-,20-17-,21-18-,28-25-,29-26-,30-27-,35-33-,38-37-,41-34-,42-40-,49-46-,58-55-. The lowest BCUT2D eigenvalue weighted by Gasteiger charge is -2.18. The SMILES string of the molecule is CC/C=C\C/C=C\C/C=C\C/C=C\C/C=C\C/C=C\C/C=C\C/C=C\CCCCC(=O)OCC(COC(=O)CCCCCCCCC/C=C\C/C=C\CCCCC)OC(=O)CCCCCCCCCC/C=C\C/C=C\C/C=C\C/C=C\CC. The first-order valence-electron chi connectivity index (χ1n) is 33.6. The molecule has 0 rings (SSSR count). The monoisotopic (exact) mass is 1140 g/mol. The third-order valence-corrected chi connectivity index (χ3v) is 13.7. The van der Waals surface area contributed by atoms with Gasteiger partial charge in [0.05, 0.1) is 0 Å². The molecular formula is C77H122O6. The number of rotatable bonds is 59. The van der Waals surface area contributed by atoms with Gasteiger partial charge in [-0.25, -0.2) is 0 Å².